The van der Waals surface area contributed by atoms with Crippen LogP contribution in [0.15, 0.2) is 24.3 Å². The standard InChI is InChI=1S/C10H11O2P/c11-10-6-8(12-10)5-7-3-1-2-4-9(7)13/h1-4,8H,5-6,13H2. The Labute approximate surface area is 79.5 Å². The van der Waals surface area contributed by atoms with Crippen molar-refractivity contribution < 1.29 is 9.53 Å². The van der Waals surface area contributed by atoms with Crippen LogP contribution >= 0.6 is 9.24 Å². The number of cyclic esters (lactones) is 1. The van der Waals surface area contributed by atoms with Crippen LogP contribution in [-0.2, 0) is 16.0 Å². The molecule has 2 unspecified atom stereocenters. The zero-order valence-corrected chi connectivity index (χ0v) is 8.35. The van der Waals surface area contributed by atoms with Crippen LogP contribution in [0, 0.1) is 0 Å². The van der Waals surface area contributed by atoms with Gasteiger partial charge in [0.2, 0.25) is 0 Å². The van der Waals surface area contributed by atoms with E-state index in [-0.39, 0.29) is 12.1 Å². The van der Waals surface area contributed by atoms with Gasteiger partial charge >= 0.3 is 5.97 Å². The van der Waals surface area contributed by atoms with Crippen LogP contribution in [0.5, 0.6) is 0 Å². The highest BCUT2D eigenvalue weighted by Gasteiger charge is 2.28. The molecular weight excluding hydrogens is 183 g/mol. The van der Waals surface area contributed by atoms with Crippen molar-refractivity contribution >= 4 is 20.5 Å². The fraction of sp³-hybridized carbons (Fsp3) is 0.300. The minimum absolute atomic E-state index is 0.0776. The van der Waals surface area contributed by atoms with Crippen LogP contribution in [0.2, 0.25) is 0 Å². The molecule has 0 radical (unpaired) electrons. The molecule has 2 atom stereocenters. The van der Waals surface area contributed by atoms with Crippen LogP contribution in [0.4, 0.5) is 0 Å². The Morgan fingerprint density at radius 3 is 2.77 bits per heavy atom. The number of hydrogen-bond acceptors (Lipinski definition) is 2. The highest BCUT2D eigenvalue weighted by Crippen LogP contribution is 2.18. The van der Waals surface area contributed by atoms with Crippen molar-refractivity contribution in [3.63, 3.8) is 0 Å². The molecule has 13 heavy (non-hydrogen) atoms. The summed E-state index contributed by atoms with van der Waals surface area (Å²) in [6.45, 7) is 0. The lowest BCUT2D eigenvalue weighted by molar-refractivity contribution is -0.169. The van der Waals surface area contributed by atoms with Crippen molar-refractivity contribution in [3.8, 4) is 0 Å². The number of benzene rings is 1. The van der Waals surface area contributed by atoms with Crippen LogP contribution in [0.1, 0.15) is 12.0 Å². The molecule has 1 aliphatic rings. The van der Waals surface area contributed by atoms with Crippen molar-refractivity contribution in [1.82, 2.24) is 0 Å². The van der Waals surface area contributed by atoms with Gasteiger partial charge in [0.25, 0.3) is 0 Å². The summed E-state index contributed by atoms with van der Waals surface area (Å²) in [4.78, 5) is 10.6. The van der Waals surface area contributed by atoms with Crippen molar-refractivity contribution in [3.05, 3.63) is 29.8 Å². The second-order valence-electron chi connectivity index (χ2n) is 3.22. The quantitative estimate of drug-likeness (QED) is 0.519. The lowest BCUT2D eigenvalue weighted by atomic mass is 10.0. The Hall–Kier alpha value is -0.880. The molecule has 0 bridgehead atoms. The van der Waals surface area contributed by atoms with Crippen LogP contribution in [0.25, 0.3) is 0 Å². The van der Waals surface area contributed by atoms with Crippen molar-refractivity contribution in [2.75, 3.05) is 0 Å². The van der Waals surface area contributed by atoms with E-state index in [0.717, 1.165) is 6.42 Å². The maximum atomic E-state index is 10.6. The van der Waals surface area contributed by atoms with Gasteiger partial charge in [-0.15, -0.1) is 9.24 Å². The zero-order valence-electron chi connectivity index (χ0n) is 7.19. The maximum absolute atomic E-state index is 10.6. The molecule has 2 nitrogen and oxygen atoms in total. The average Bonchev–Trinajstić information content (AvgIpc) is 2.06. The lowest BCUT2D eigenvalue weighted by Gasteiger charge is -2.25. The molecule has 1 saturated heterocycles. The summed E-state index contributed by atoms with van der Waals surface area (Å²) in [6.07, 6.45) is 1.51. The van der Waals surface area contributed by atoms with Gasteiger partial charge in [0.1, 0.15) is 6.10 Å². The molecule has 1 fully saturated rings. The van der Waals surface area contributed by atoms with Crippen LogP contribution < -0.4 is 5.30 Å². The van der Waals surface area contributed by atoms with E-state index in [4.69, 9.17) is 4.74 Å². The topological polar surface area (TPSA) is 26.3 Å². The summed E-state index contributed by atoms with van der Waals surface area (Å²) in [5.41, 5.74) is 1.24. The molecule has 1 aromatic carbocycles. The molecule has 0 saturated carbocycles. The van der Waals surface area contributed by atoms with E-state index in [1.54, 1.807) is 0 Å². The third-order valence-electron chi connectivity index (χ3n) is 2.20. The first-order valence-corrected chi connectivity index (χ1v) is 4.86. The molecule has 2 rings (SSSR count). The van der Waals surface area contributed by atoms with Gasteiger partial charge in [-0.25, -0.2) is 0 Å². The van der Waals surface area contributed by atoms with E-state index in [1.165, 1.54) is 10.9 Å². The van der Waals surface area contributed by atoms with E-state index in [9.17, 15) is 4.79 Å². The first-order valence-electron chi connectivity index (χ1n) is 4.28. The van der Waals surface area contributed by atoms with Crippen LogP contribution in [0.3, 0.4) is 0 Å². The van der Waals surface area contributed by atoms with Crippen LogP contribution in [-0.4, -0.2) is 12.1 Å². The van der Waals surface area contributed by atoms with Crippen molar-refractivity contribution in [2.24, 2.45) is 0 Å². The first kappa shape index (κ1) is 8.71. The van der Waals surface area contributed by atoms with E-state index in [2.05, 4.69) is 15.3 Å². The molecule has 3 heteroatoms. The summed E-state index contributed by atoms with van der Waals surface area (Å²) in [5.74, 6) is -0.0776. The summed E-state index contributed by atoms with van der Waals surface area (Å²) < 4.78 is 4.95. The van der Waals surface area contributed by atoms with Gasteiger partial charge in [0.15, 0.2) is 0 Å². The summed E-state index contributed by atoms with van der Waals surface area (Å²) in [7, 11) is 2.69. The van der Waals surface area contributed by atoms with E-state index < -0.39 is 0 Å². The third kappa shape index (κ3) is 1.89. The van der Waals surface area contributed by atoms with E-state index in [1.807, 2.05) is 18.2 Å². The molecule has 0 amide bonds. The first-order chi connectivity index (χ1) is 6.25. The van der Waals surface area contributed by atoms with Gasteiger partial charge in [0.05, 0.1) is 6.42 Å². The molecule has 1 aromatic rings. The Bertz CT molecular complexity index is 327. The third-order valence-corrected chi connectivity index (χ3v) is 2.76. The number of hydrogen-bond donors (Lipinski definition) is 0. The minimum atomic E-state index is -0.0776. The number of rotatable bonds is 2. The Morgan fingerprint density at radius 1 is 1.46 bits per heavy atom. The molecule has 0 N–H and O–H groups in total. The monoisotopic (exact) mass is 194 g/mol. The smallest absolute Gasteiger partial charge is 0.309 e. The van der Waals surface area contributed by atoms with E-state index in [0.29, 0.717) is 6.42 Å². The average molecular weight is 194 g/mol. The number of carbonyl (C=O) groups is 1. The highest BCUT2D eigenvalue weighted by atomic mass is 31.0. The number of ether oxygens (including phenoxy) is 1. The minimum Gasteiger partial charge on any atom is -0.461 e. The maximum Gasteiger partial charge on any atom is 0.309 e. The predicted octanol–water partition coefficient (Wildman–Crippen LogP) is 1.04. The molecule has 1 heterocycles. The number of carbonyl (C=O) groups excluding carboxylic acids is 1. The second-order valence-corrected chi connectivity index (χ2v) is 3.84. The normalized spacial score (nSPS) is 20.7. The number of esters is 1. The molecule has 0 spiro atoms. The van der Waals surface area contributed by atoms with Gasteiger partial charge < -0.3 is 4.74 Å². The summed E-state index contributed by atoms with van der Waals surface area (Å²) in [5, 5.41) is 1.19. The Morgan fingerprint density at radius 2 is 2.15 bits per heavy atom. The van der Waals surface area contributed by atoms with Crippen molar-refractivity contribution in [1.29, 1.82) is 0 Å². The van der Waals surface area contributed by atoms with Gasteiger partial charge in [-0.2, -0.15) is 0 Å². The molecule has 0 aliphatic carbocycles. The summed E-state index contributed by atoms with van der Waals surface area (Å²) >= 11 is 0. The highest BCUT2D eigenvalue weighted by molar-refractivity contribution is 7.27. The molecular formula is C10H11O2P. The Kier molecular flexibility index (Phi) is 2.32. The van der Waals surface area contributed by atoms with Crippen molar-refractivity contribution in [2.45, 2.75) is 18.9 Å². The molecule has 0 aromatic heterocycles. The largest absolute Gasteiger partial charge is 0.461 e. The SMILES string of the molecule is O=C1CC(Cc2ccccc2P)O1. The second kappa shape index (κ2) is 3.47. The zero-order chi connectivity index (χ0) is 9.26. The lowest BCUT2D eigenvalue weighted by Crippen LogP contribution is -2.35. The van der Waals surface area contributed by atoms with Gasteiger partial charge in [-0.3, -0.25) is 4.79 Å². The van der Waals surface area contributed by atoms with Gasteiger partial charge in [-0.05, 0) is 10.9 Å². The Balaban J connectivity index is 2.02. The van der Waals surface area contributed by atoms with E-state index >= 15 is 0 Å². The molecule has 68 valence electrons. The predicted molar refractivity (Wildman–Crippen MR) is 54.0 cm³/mol. The summed E-state index contributed by atoms with van der Waals surface area (Å²) in [6, 6.07) is 8.11. The fourth-order valence-electron chi connectivity index (χ4n) is 1.44. The van der Waals surface area contributed by atoms with Gasteiger partial charge in [-0.1, -0.05) is 24.3 Å². The fourth-order valence-corrected chi connectivity index (χ4v) is 1.77. The van der Waals surface area contributed by atoms with Gasteiger partial charge in [0, 0.05) is 6.42 Å². The molecule has 1 aliphatic heterocycles.